The Bertz CT molecular complexity index is 1160. The largest absolute Gasteiger partial charge is 0.459 e. The van der Waals surface area contributed by atoms with Crippen LogP contribution in [0.15, 0.2) is 71.6 Å². The Balaban J connectivity index is 1.69. The molecule has 3 aromatic rings. The van der Waals surface area contributed by atoms with E-state index in [4.69, 9.17) is 4.42 Å². The molecule has 0 bridgehead atoms. The lowest BCUT2D eigenvalue weighted by atomic mass is 9.94. The van der Waals surface area contributed by atoms with Crippen molar-refractivity contribution in [1.29, 1.82) is 0 Å². The maximum Gasteiger partial charge on any atom is 0.287 e. The fourth-order valence-electron chi connectivity index (χ4n) is 4.69. The lowest BCUT2D eigenvalue weighted by Crippen LogP contribution is -2.50. The number of amides is 3. The number of anilines is 1. The number of aromatic nitrogens is 1. The first-order valence-electron chi connectivity index (χ1n) is 12.5. The van der Waals surface area contributed by atoms with Crippen molar-refractivity contribution >= 4 is 23.4 Å². The standard InChI is InChI=1S/C28H32N4O4/c1-2-20-9-6-7-12-23(20)32(25(33)19-30-27(34)24-13-8-18-36-24)26(21-14-16-29-17-15-21)28(35)31-22-10-4-3-5-11-22/h6-9,12-18,22,26H,2-5,10-11,19H2,1H3,(H,30,34)(H,31,35)/t26-/m0/s1. The molecule has 2 N–H and O–H groups in total. The molecule has 2 aromatic heterocycles. The monoisotopic (exact) mass is 488 g/mol. The number of nitrogens with one attached hydrogen (secondary N) is 2. The zero-order chi connectivity index (χ0) is 25.3. The van der Waals surface area contributed by atoms with Crippen LogP contribution in [-0.2, 0) is 16.0 Å². The number of pyridine rings is 1. The maximum atomic E-state index is 13.8. The van der Waals surface area contributed by atoms with Crippen molar-refractivity contribution in [3.63, 3.8) is 0 Å². The summed E-state index contributed by atoms with van der Waals surface area (Å²) in [4.78, 5) is 45.7. The summed E-state index contributed by atoms with van der Waals surface area (Å²) in [6.07, 6.45) is 10.5. The van der Waals surface area contributed by atoms with Gasteiger partial charge in [0.15, 0.2) is 5.76 Å². The van der Waals surface area contributed by atoms with Crippen LogP contribution >= 0.6 is 0 Å². The number of para-hydroxylation sites is 1. The number of carbonyl (C=O) groups is 3. The van der Waals surface area contributed by atoms with E-state index in [-0.39, 0.29) is 24.3 Å². The van der Waals surface area contributed by atoms with Crippen LogP contribution in [0.5, 0.6) is 0 Å². The predicted molar refractivity (Wildman–Crippen MR) is 136 cm³/mol. The van der Waals surface area contributed by atoms with E-state index in [0.717, 1.165) is 31.2 Å². The van der Waals surface area contributed by atoms with Crippen LogP contribution in [0.2, 0.25) is 0 Å². The van der Waals surface area contributed by atoms with E-state index in [9.17, 15) is 14.4 Å². The van der Waals surface area contributed by atoms with Gasteiger partial charge in [-0.2, -0.15) is 0 Å². The highest BCUT2D eigenvalue weighted by Gasteiger charge is 2.35. The smallest absolute Gasteiger partial charge is 0.287 e. The van der Waals surface area contributed by atoms with Crippen molar-refractivity contribution in [1.82, 2.24) is 15.6 Å². The third-order valence-corrected chi connectivity index (χ3v) is 6.53. The minimum absolute atomic E-state index is 0.0765. The Kier molecular flexibility index (Phi) is 8.49. The second-order valence-electron chi connectivity index (χ2n) is 8.93. The topological polar surface area (TPSA) is 105 Å². The average Bonchev–Trinajstić information content (AvgIpc) is 3.46. The third kappa shape index (κ3) is 6.00. The first-order valence-corrected chi connectivity index (χ1v) is 12.5. The van der Waals surface area contributed by atoms with E-state index in [1.807, 2.05) is 31.2 Å². The molecule has 0 spiro atoms. The van der Waals surface area contributed by atoms with Crippen molar-refractivity contribution < 1.29 is 18.8 Å². The molecule has 1 aliphatic rings. The van der Waals surface area contributed by atoms with E-state index in [2.05, 4.69) is 15.6 Å². The van der Waals surface area contributed by atoms with Crippen molar-refractivity contribution in [2.75, 3.05) is 11.4 Å². The molecule has 36 heavy (non-hydrogen) atoms. The fourth-order valence-corrected chi connectivity index (χ4v) is 4.69. The van der Waals surface area contributed by atoms with Crippen molar-refractivity contribution in [2.24, 2.45) is 0 Å². The molecule has 3 amide bonds. The minimum atomic E-state index is -0.921. The van der Waals surface area contributed by atoms with Gasteiger partial charge in [-0.05, 0) is 60.7 Å². The van der Waals surface area contributed by atoms with E-state index in [0.29, 0.717) is 17.7 Å². The first-order chi connectivity index (χ1) is 17.6. The zero-order valence-electron chi connectivity index (χ0n) is 20.5. The van der Waals surface area contributed by atoms with Gasteiger partial charge < -0.3 is 15.1 Å². The van der Waals surface area contributed by atoms with Gasteiger partial charge >= 0.3 is 0 Å². The molecule has 1 fully saturated rings. The molecule has 2 heterocycles. The molecular formula is C28H32N4O4. The SMILES string of the molecule is CCc1ccccc1N(C(=O)CNC(=O)c1ccco1)[C@H](C(=O)NC1CCCCC1)c1ccncc1. The summed E-state index contributed by atoms with van der Waals surface area (Å²) >= 11 is 0. The van der Waals surface area contributed by atoms with Gasteiger partial charge in [0.05, 0.1) is 12.8 Å². The Hall–Kier alpha value is -3.94. The molecule has 1 aliphatic carbocycles. The summed E-state index contributed by atoms with van der Waals surface area (Å²) in [5.41, 5.74) is 2.21. The maximum absolute atomic E-state index is 13.8. The second kappa shape index (κ2) is 12.2. The molecule has 188 valence electrons. The van der Waals surface area contributed by atoms with Crippen molar-refractivity contribution in [3.05, 3.63) is 84.1 Å². The molecule has 8 nitrogen and oxygen atoms in total. The molecule has 1 atom stereocenters. The van der Waals surface area contributed by atoms with E-state index >= 15 is 0 Å². The van der Waals surface area contributed by atoms with Gasteiger partial charge in [-0.25, -0.2) is 0 Å². The van der Waals surface area contributed by atoms with Crippen LogP contribution in [0.3, 0.4) is 0 Å². The zero-order valence-corrected chi connectivity index (χ0v) is 20.5. The lowest BCUT2D eigenvalue weighted by molar-refractivity contribution is -0.127. The summed E-state index contributed by atoms with van der Waals surface area (Å²) in [5, 5.41) is 5.82. The van der Waals surface area contributed by atoms with E-state index in [1.165, 1.54) is 23.7 Å². The van der Waals surface area contributed by atoms with Crippen molar-refractivity contribution in [3.8, 4) is 0 Å². The number of rotatable bonds is 9. The molecule has 8 heteroatoms. The number of carbonyl (C=O) groups excluding carboxylic acids is 3. The molecule has 0 aliphatic heterocycles. The average molecular weight is 489 g/mol. The van der Waals surface area contributed by atoms with Gasteiger partial charge in [-0.15, -0.1) is 0 Å². The molecule has 1 saturated carbocycles. The number of furan rings is 1. The molecule has 0 radical (unpaired) electrons. The Labute approximate surface area is 211 Å². The van der Waals surface area contributed by atoms with E-state index < -0.39 is 17.9 Å². The number of benzene rings is 1. The highest BCUT2D eigenvalue weighted by atomic mass is 16.3. The summed E-state index contributed by atoms with van der Waals surface area (Å²) in [5.74, 6) is -1.03. The van der Waals surface area contributed by atoms with E-state index in [1.54, 1.807) is 30.6 Å². The van der Waals surface area contributed by atoms with Crippen molar-refractivity contribution in [2.45, 2.75) is 57.5 Å². The van der Waals surface area contributed by atoms with Gasteiger partial charge in [-0.3, -0.25) is 24.3 Å². The third-order valence-electron chi connectivity index (χ3n) is 6.53. The van der Waals surface area contributed by atoms with Gasteiger partial charge in [0.2, 0.25) is 11.8 Å². The molecule has 4 rings (SSSR count). The lowest BCUT2D eigenvalue weighted by Gasteiger charge is -2.34. The molecule has 0 unspecified atom stereocenters. The number of hydrogen-bond donors (Lipinski definition) is 2. The van der Waals surface area contributed by atoms with Gasteiger partial charge in [0.1, 0.15) is 6.04 Å². The summed E-state index contributed by atoms with van der Waals surface area (Å²) in [6, 6.07) is 13.3. The van der Waals surface area contributed by atoms with Crippen LogP contribution in [0.1, 0.15) is 66.8 Å². The van der Waals surface area contributed by atoms with Gasteiger partial charge in [-0.1, -0.05) is 44.4 Å². The molecular weight excluding hydrogens is 456 g/mol. The summed E-state index contributed by atoms with van der Waals surface area (Å²) in [6.45, 7) is 1.71. The van der Waals surface area contributed by atoms with Gasteiger partial charge in [0, 0.05) is 24.1 Å². The van der Waals surface area contributed by atoms with Gasteiger partial charge in [0.25, 0.3) is 5.91 Å². The first kappa shape index (κ1) is 25.2. The highest BCUT2D eigenvalue weighted by Crippen LogP contribution is 2.31. The second-order valence-corrected chi connectivity index (χ2v) is 8.93. The number of hydrogen-bond acceptors (Lipinski definition) is 5. The Morgan fingerprint density at radius 3 is 2.47 bits per heavy atom. The Morgan fingerprint density at radius 1 is 1.03 bits per heavy atom. The van der Waals surface area contributed by atoms with Crippen LogP contribution in [-0.4, -0.2) is 35.3 Å². The minimum Gasteiger partial charge on any atom is -0.459 e. The summed E-state index contributed by atoms with van der Waals surface area (Å²) in [7, 11) is 0. The molecule has 1 aromatic carbocycles. The fraction of sp³-hybridized carbons (Fsp3) is 0.357. The van der Waals surface area contributed by atoms with Crippen LogP contribution < -0.4 is 15.5 Å². The summed E-state index contributed by atoms with van der Waals surface area (Å²) < 4.78 is 5.14. The number of aryl methyl sites for hydroxylation is 1. The highest BCUT2D eigenvalue weighted by molar-refractivity contribution is 6.04. The van der Waals surface area contributed by atoms with Crippen LogP contribution in [0.25, 0.3) is 0 Å². The predicted octanol–water partition coefficient (Wildman–Crippen LogP) is 4.19. The van der Waals surface area contributed by atoms with Crippen LogP contribution in [0, 0.1) is 0 Å². The molecule has 0 saturated heterocycles. The van der Waals surface area contributed by atoms with Crippen LogP contribution in [0.4, 0.5) is 5.69 Å². The Morgan fingerprint density at radius 2 is 1.78 bits per heavy atom. The normalized spacial score (nSPS) is 14.6. The quantitative estimate of drug-likeness (QED) is 0.470. The number of nitrogens with zero attached hydrogens (tertiary/aromatic N) is 2.